The zero-order valence-corrected chi connectivity index (χ0v) is 19.6. The number of rotatable bonds is 4. The Bertz CT molecular complexity index is 1230. The molecule has 2 aliphatic rings. The number of benzene rings is 1. The summed E-state index contributed by atoms with van der Waals surface area (Å²) in [7, 11) is 2.05. The summed E-state index contributed by atoms with van der Waals surface area (Å²) in [5, 5.41) is 0.983. The van der Waals surface area contributed by atoms with Crippen LogP contribution in [0.4, 0.5) is 4.39 Å². The maximum absolute atomic E-state index is 14.8. The first kappa shape index (κ1) is 21.6. The Morgan fingerprint density at radius 1 is 1.16 bits per heavy atom. The SMILES string of the molecule is CN1CCN(C(=O)CSc2nc3sc4c(c3c(=O)n2-c2ccccc2F)CCCC4)CC1. The fourth-order valence-electron chi connectivity index (χ4n) is 4.40. The highest BCUT2D eigenvalue weighted by Gasteiger charge is 2.25. The van der Waals surface area contributed by atoms with Crippen molar-refractivity contribution >= 4 is 39.2 Å². The number of thioether (sulfide) groups is 1. The minimum Gasteiger partial charge on any atom is -0.339 e. The van der Waals surface area contributed by atoms with Gasteiger partial charge in [-0.1, -0.05) is 23.9 Å². The van der Waals surface area contributed by atoms with Gasteiger partial charge in [0.15, 0.2) is 5.16 Å². The molecule has 0 bridgehead atoms. The number of amides is 1. The van der Waals surface area contributed by atoms with E-state index < -0.39 is 5.82 Å². The fourth-order valence-corrected chi connectivity index (χ4v) is 6.61. The van der Waals surface area contributed by atoms with E-state index in [9.17, 15) is 14.0 Å². The molecule has 0 N–H and O–H groups in total. The zero-order valence-electron chi connectivity index (χ0n) is 18.0. The van der Waals surface area contributed by atoms with Gasteiger partial charge < -0.3 is 9.80 Å². The summed E-state index contributed by atoms with van der Waals surface area (Å²) in [5.41, 5.74) is 1.01. The molecular formula is C23H25FN4O2S2. The van der Waals surface area contributed by atoms with Crippen molar-refractivity contribution in [3.8, 4) is 5.69 Å². The maximum atomic E-state index is 14.8. The van der Waals surface area contributed by atoms with Gasteiger partial charge in [-0.05, 0) is 50.4 Å². The highest BCUT2D eigenvalue weighted by atomic mass is 32.2. The first-order chi connectivity index (χ1) is 15.5. The third-order valence-electron chi connectivity index (χ3n) is 6.23. The second-order valence-corrected chi connectivity index (χ2v) is 10.4. The van der Waals surface area contributed by atoms with Crippen LogP contribution >= 0.6 is 23.1 Å². The van der Waals surface area contributed by atoms with Crippen LogP contribution in [0.3, 0.4) is 0 Å². The van der Waals surface area contributed by atoms with E-state index in [2.05, 4.69) is 4.90 Å². The predicted molar refractivity (Wildman–Crippen MR) is 127 cm³/mol. The number of halogens is 1. The fraction of sp³-hybridized carbons (Fsp3) is 0.435. The Morgan fingerprint density at radius 3 is 2.69 bits per heavy atom. The Morgan fingerprint density at radius 2 is 1.91 bits per heavy atom. The molecule has 5 rings (SSSR count). The molecule has 2 aromatic heterocycles. The normalized spacial score (nSPS) is 17.0. The van der Waals surface area contributed by atoms with E-state index in [1.807, 2.05) is 11.9 Å². The Labute approximate surface area is 194 Å². The Kier molecular flexibility index (Phi) is 6.05. The molecule has 1 aliphatic carbocycles. The van der Waals surface area contributed by atoms with E-state index in [0.29, 0.717) is 28.5 Å². The van der Waals surface area contributed by atoms with Crippen LogP contribution in [-0.4, -0.2) is 64.2 Å². The molecule has 0 atom stereocenters. The minimum absolute atomic E-state index is 0.0167. The molecule has 1 amide bonds. The second kappa shape index (κ2) is 8.96. The van der Waals surface area contributed by atoms with Crippen molar-refractivity contribution in [2.75, 3.05) is 39.0 Å². The van der Waals surface area contributed by atoms with Crippen molar-refractivity contribution in [2.24, 2.45) is 0 Å². The van der Waals surface area contributed by atoms with Crippen LogP contribution in [0.25, 0.3) is 15.9 Å². The van der Waals surface area contributed by atoms with Crippen molar-refractivity contribution < 1.29 is 9.18 Å². The molecule has 1 saturated heterocycles. The lowest BCUT2D eigenvalue weighted by atomic mass is 9.97. The van der Waals surface area contributed by atoms with Gasteiger partial charge in [-0.2, -0.15) is 0 Å². The molecule has 6 nitrogen and oxygen atoms in total. The number of carbonyl (C=O) groups is 1. The quantitative estimate of drug-likeness (QED) is 0.431. The highest BCUT2D eigenvalue weighted by molar-refractivity contribution is 7.99. The summed E-state index contributed by atoms with van der Waals surface area (Å²) in [6, 6.07) is 6.25. The Balaban J connectivity index is 1.55. The second-order valence-electron chi connectivity index (χ2n) is 8.35. The van der Waals surface area contributed by atoms with Crippen molar-refractivity contribution in [1.82, 2.24) is 19.4 Å². The molecule has 3 aromatic rings. The van der Waals surface area contributed by atoms with Crippen LogP contribution < -0.4 is 5.56 Å². The van der Waals surface area contributed by atoms with Crippen LogP contribution in [0, 0.1) is 5.82 Å². The van der Waals surface area contributed by atoms with E-state index >= 15 is 0 Å². The lowest BCUT2D eigenvalue weighted by Gasteiger charge is -2.32. The summed E-state index contributed by atoms with van der Waals surface area (Å²) in [6.45, 7) is 3.09. The van der Waals surface area contributed by atoms with Crippen molar-refractivity contribution in [3.05, 3.63) is 50.9 Å². The monoisotopic (exact) mass is 472 g/mol. The first-order valence-electron chi connectivity index (χ1n) is 10.9. The maximum Gasteiger partial charge on any atom is 0.267 e. The summed E-state index contributed by atoms with van der Waals surface area (Å²) < 4.78 is 16.1. The van der Waals surface area contributed by atoms with E-state index in [0.717, 1.165) is 44.3 Å². The van der Waals surface area contributed by atoms with Gasteiger partial charge in [0.05, 0.1) is 16.8 Å². The first-order valence-corrected chi connectivity index (χ1v) is 12.7. The number of nitrogens with zero attached hydrogens (tertiary/aromatic N) is 4. The number of para-hydroxylation sites is 1. The Hall–Kier alpha value is -2.23. The molecule has 9 heteroatoms. The van der Waals surface area contributed by atoms with E-state index in [1.165, 1.54) is 27.3 Å². The van der Waals surface area contributed by atoms with Gasteiger partial charge in [0, 0.05) is 31.1 Å². The van der Waals surface area contributed by atoms with Gasteiger partial charge in [0.25, 0.3) is 5.56 Å². The van der Waals surface area contributed by atoms with Crippen molar-refractivity contribution in [1.29, 1.82) is 0 Å². The lowest BCUT2D eigenvalue weighted by Crippen LogP contribution is -2.47. The molecule has 32 heavy (non-hydrogen) atoms. The highest BCUT2D eigenvalue weighted by Crippen LogP contribution is 2.35. The smallest absolute Gasteiger partial charge is 0.267 e. The molecular weight excluding hydrogens is 447 g/mol. The standard InChI is InChI=1S/C23H25FN4O2S2/c1-26-10-12-27(13-11-26)19(29)14-31-23-25-21-20(15-6-2-5-9-18(15)32-21)22(30)28(23)17-8-4-3-7-16(17)24/h3-4,7-8H,2,5-6,9-14H2,1H3. The van der Waals surface area contributed by atoms with Crippen molar-refractivity contribution in [2.45, 2.75) is 30.8 Å². The zero-order chi connectivity index (χ0) is 22.2. The molecule has 168 valence electrons. The molecule has 1 aromatic carbocycles. The summed E-state index contributed by atoms with van der Waals surface area (Å²) in [4.78, 5) is 37.2. The topological polar surface area (TPSA) is 58.4 Å². The van der Waals surface area contributed by atoms with Crippen LogP contribution in [0.5, 0.6) is 0 Å². The minimum atomic E-state index is -0.480. The number of carbonyl (C=O) groups excluding carboxylic acids is 1. The van der Waals surface area contributed by atoms with E-state index in [1.54, 1.807) is 29.5 Å². The summed E-state index contributed by atoms with van der Waals surface area (Å²) >= 11 is 2.78. The molecule has 3 heterocycles. The van der Waals surface area contributed by atoms with E-state index in [-0.39, 0.29) is 22.9 Å². The number of thiophene rings is 1. The predicted octanol–water partition coefficient (Wildman–Crippen LogP) is 3.33. The molecule has 0 unspecified atom stereocenters. The van der Waals surface area contributed by atoms with Gasteiger partial charge in [-0.25, -0.2) is 9.37 Å². The summed E-state index contributed by atoms with van der Waals surface area (Å²) in [5.74, 6) is -0.295. The average molecular weight is 473 g/mol. The van der Waals surface area contributed by atoms with Gasteiger partial charge in [0.2, 0.25) is 5.91 Å². The van der Waals surface area contributed by atoms with Gasteiger partial charge in [-0.3, -0.25) is 14.2 Å². The summed E-state index contributed by atoms with van der Waals surface area (Å²) in [6.07, 6.45) is 3.98. The number of aryl methyl sites for hydroxylation is 2. The van der Waals surface area contributed by atoms with Crippen molar-refractivity contribution in [3.63, 3.8) is 0 Å². The number of fused-ring (bicyclic) bond motifs is 3. The van der Waals surface area contributed by atoms with Crippen LogP contribution in [0.15, 0.2) is 34.2 Å². The molecule has 0 radical (unpaired) electrons. The number of hydrogen-bond acceptors (Lipinski definition) is 6. The van der Waals surface area contributed by atoms with Gasteiger partial charge >= 0.3 is 0 Å². The van der Waals surface area contributed by atoms with Gasteiger partial charge in [0.1, 0.15) is 10.6 Å². The number of hydrogen-bond donors (Lipinski definition) is 0. The van der Waals surface area contributed by atoms with Crippen LogP contribution in [0.1, 0.15) is 23.3 Å². The average Bonchev–Trinajstić information content (AvgIpc) is 3.17. The third-order valence-corrected chi connectivity index (χ3v) is 8.34. The molecule has 1 fully saturated rings. The lowest BCUT2D eigenvalue weighted by molar-refractivity contribution is -0.129. The molecule has 1 aliphatic heterocycles. The number of aromatic nitrogens is 2. The molecule has 0 saturated carbocycles. The number of piperazine rings is 1. The van der Waals surface area contributed by atoms with Crippen LogP contribution in [-0.2, 0) is 17.6 Å². The third kappa shape index (κ3) is 3.97. The van der Waals surface area contributed by atoms with Gasteiger partial charge in [-0.15, -0.1) is 11.3 Å². The number of likely N-dealkylation sites (N-methyl/N-ethyl adjacent to an activating group) is 1. The van der Waals surface area contributed by atoms with Crippen LogP contribution in [0.2, 0.25) is 0 Å². The largest absolute Gasteiger partial charge is 0.339 e. The molecule has 0 spiro atoms. The van der Waals surface area contributed by atoms with E-state index in [4.69, 9.17) is 4.98 Å².